The summed E-state index contributed by atoms with van der Waals surface area (Å²) in [7, 11) is 0. The van der Waals surface area contributed by atoms with Crippen LogP contribution in [0.1, 0.15) is 25.7 Å². The fourth-order valence-corrected chi connectivity index (χ4v) is 1.82. The van der Waals surface area contributed by atoms with Crippen LogP contribution in [0.15, 0.2) is 0 Å². The van der Waals surface area contributed by atoms with Crippen LogP contribution in [0.25, 0.3) is 0 Å². The number of imide groups is 1. The summed E-state index contributed by atoms with van der Waals surface area (Å²) in [6, 6.07) is 0. The molecule has 1 saturated heterocycles. The maximum absolute atomic E-state index is 11.8. The molecule has 0 aromatic heterocycles. The van der Waals surface area contributed by atoms with E-state index < -0.39 is 11.8 Å². The minimum atomic E-state index is -0.740. The predicted molar refractivity (Wildman–Crippen MR) is 61.9 cm³/mol. The molecule has 2 N–H and O–H groups in total. The second-order valence-corrected chi connectivity index (χ2v) is 4.10. The molecule has 0 unspecified atom stereocenters. The smallest absolute Gasteiger partial charge is 0.318 e. The van der Waals surface area contributed by atoms with Gasteiger partial charge in [-0.05, 0) is 32.2 Å². The van der Waals surface area contributed by atoms with Gasteiger partial charge in [0, 0.05) is 19.6 Å². The monoisotopic (exact) mass is 241 g/mol. The Balaban J connectivity index is 2.53. The van der Waals surface area contributed by atoms with Crippen molar-refractivity contribution in [2.24, 2.45) is 5.73 Å². The van der Waals surface area contributed by atoms with E-state index in [-0.39, 0.29) is 6.54 Å². The molecule has 1 heterocycles. The lowest BCUT2D eigenvalue weighted by atomic mass is 10.1. The summed E-state index contributed by atoms with van der Waals surface area (Å²) < 4.78 is 0. The zero-order valence-corrected chi connectivity index (χ0v) is 9.93. The molecule has 6 heteroatoms. The third kappa shape index (κ3) is 3.81. The Kier molecular flexibility index (Phi) is 5.62. The van der Waals surface area contributed by atoms with Gasteiger partial charge < -0.3 is 10.6 Å². The average Bonchev–Trinajstić information content (AvgIpc) is 2.39. The number of likely N-dealkylation sites (tertiary alicyclic amines) is 1. The number of carbonyl (C=O) groups excluding carboxylic acids is 3. The lowest BCUT2D eigenvalue weighted by Crippen LogP contribution is -2.47. The summed E-state index contributed by atoms with van der Waals surface area (Å²) in [6.07, 6.45) is 3.84. The van der Waals surface area contributed by atoms with E-state index >= 15 is 0 Å². The Morgan fingerprint density at radius 3 is 2.41 bits per heavy atom. The maximum Gasteiger partial charge on any atom is 0.318 e. The van der Waals surface area contributed by atoms with Crippen LogP contribution in [-0.2, 0) is 14.4 Å². The van der Waals surface area contributed by atoms with E-state index in [0.29, 0.717) is 32.5 Å². The number of rotatable bonds is 4. The van der Waals surface area contributed by atoms with Gasteiger partial charge in [0.15, 0.2) is 0 Å². The van der Waals surface area contributed by atoms with Crippen molar-refractivity contribution in [2.75, 3.05) is 26.2 Å². The molecular formula is C11H19N3O3. The van der Waals surface area contributed by atoms with Crippen molar-refractivity contribution < 1.29 is 14.4 Å². The number of hydrogen-bond donors (Lipinski definition) is 1. The minimum absolute atomic E-state index is 0.207. The van der Waals surface area contributed by atoms with Crippen LogP contribution in [0.2, 0.25) is 0 Å². The molecule has 0 bridgehead atoms. The molecule has 1 rings (SSSR count). The Morgan fingerprint density at radius 1 is 1.24 bits per heavy atom. The fourth-order valence-electron chi connectivity index (χ4n) is 1.82. The van der Waals surface area contributed by atoms with Gasteiger partial charge in [0.1, 0.15) is 0 Å². The number of carbonyl (C=O) groups is 3. The Bertz CT molecular complexity index is 288. The van der Waals surface area contributed by atoms with Crippen LogP contribution >= 0.6 is 0 Å². The number of piperidine rings is 1. The van der Waals surface area contributed by atoms with Gasteiger partial charge in [0.05, 0.1) is 0 Å². The van der Waals surface area contributed by atoms with Gasteiger partial charge in [-0.2, -0.15) is 0 Å². The predicted octanol–water partition coefficient (Wildman–Crippen LogP) is -0.667. The van der Waals surface area contributed by atoms with Crippen LogP contribution in [0, 0.1) is 0 Å². The second-order valence-electron chi connectivity index (χ2n) is 4.10. The largest absolute Gasteiger partial charge is 0.334 e. The van der Waals surface area contributed by atoms with Gasteiger partial charge in [-0.1, -0.05) is 0 Å². The van der Waals surface area contributed by atoms with Crippen molar-refractivity contribution in [3.05, 3.63) is 0 Å². The van der Waals surface area contributed by atoms with Crippen LogP contribution < -0.4 is 5.73 Å². The van der Waals surface area contributed by atoms with Crippen molar-refractivity contribution in [1.29, 1.82) is 0 Å². The molecule has 0 aliphatic carbocycles. The summed E-state index contributed by atoms with van der Waals surface area (Å²) >= 11 is 0. The molecule has 0 atom stereocenters. The number of nitrogens with two attached hydrogens (primary N) is 1. The fraction of sp³-hybridized carbons (Fsp3) is 0.727. The quantitative estimate of drug-likeness (QED) is 0.523. The topological polar surface area (TPSA) is 83.7 Å². The number of nitrogens with zero attached hydrogens (tertiary/aromatic N) is 2. The van der Waals surface area contributed by atoms with Crippen molar-refractivity contribution in [3.8, 4) is 0 Å². The maximum atomic E-state index is 11.8. The van der Waals surface area contributed by atoms with Gasteiger partial charge in [-0.15, -0.1) is 0 Å². The summed E-state index contributed by atoms with van der Waals surface area (Å²) in [4.78, 5) is 36.7. The van der Waals surface area contributed by atoms with Crippen LogP contribution in [0.3, 0.4) is 0 Å². The average molecular weight is 241 g/mol. The molecule has 0 radical (unpaired) electrons. The molecule has 1 fully saturated rings. The Morgan fingerprint density at radius 2 is 1.88 bits per heavy atom. The normalized spacial score (nSPS) is 15.5. The molecular weight excluding hydrogens is 222 g/mol. The van der Waals surface area contributed by atoms with Gasteiger partial charge >= 0.3 is 11.8 Å². The van der Waals surface area contributed by atoms with Gasteiger partial charge in [-0.25, -0.2) is 0 Å². The van der Waals surface area contributed by atoms with Gasteiger partial charge in [0.2, 0.25) is 6.41 Å². The Labute approximate surface area is 101 Å². The van der Waals surface area contributed by atoms with Crippen LogP contribution in [0.4, 0.5) is 0 Å². The highest BCUT2D eigenvalue weighted by Gasteiger charge is 2.27. The van der Waals surface area contributed by atoms with E-state index in [1.165, 1.54) is 4.90 Å². The molecule has 0 saturated carbocycles. The van der Waals surface area contributed by atoms with Gasteiger partial charge in [-0.3, -0.25) is 19.3 Å². The highest BCUT2D eigenvalue weighted by atomic mass is 16.2. The zero-order valence-electron chi connectivity index (χ0n) is 9.93. The van der Waals surface area contributed by atoms with Crippen molar-refractivity contribution >= 4 is 18.2 Å². The molecule has 0 aromatic carbocycles. The Hall–Kier alpha value is -1.43. The van der Waals surface area contributed by atoms with Crippen molar-refractivity contribution in [3.63, 3.8) is 0 Å². The SMILES string of the molecule is NCCCN(C=O)C(=O)C(=O)N1CCCCC1. The molecule has 0 spiro atoms. The number of hydrogen-bond acceptors (Lipinski definition) is 4. The third-order valence-electron chi connectivity index (χ3n) is 2.82. The first-order valence-corrected chi connectivity index (χ1v) is 5.96. The van der Waals surface area contributed by atoms with E-state index in [2.05, 4.69) is 0 Å². The minimum Gasteiger partial charge on any atom is -0.334 e. The van der Waals surface area contributed by atoms with E-state index in [9.17, 15) is 14.4 Å². The molecule has 17 heavy (non-hydrogen) atoms. The summed E-state index contributed by atoms with van der Waals surface area (Å²) in [5, 5.41) is 0. The van der Waals surface area contributed by atoms with E-state index in [0.717, 1.165) is 24.2 Å². The summed E-state index contributed by atoms with van der Waals surface area (Å²) in [5.74, 6) is -1.32. The van der Waals surface area contributed by atoms with E-state index in [4.69, 9.17) is 5.73 Å². The van der Waals surface area contributed by atoms with Crippen molar-refractivity contribution in [2.45, 2.75) is 25.7 Å². The molecule has 0 aromatic rings. The summed E-state index contributed by atoms with van der Waals surface area (Å²) in [5.41, 5.74) is 5.30. The first-order valence-electron chi connectivity index (χ1n) is 5.96. The van der Waals surface area contributed by atoms with E-state index in [1.54, 1.807) is 0 Å². The first-order chi connectivity index (χ1) is 8.20. The molecule has 6 nitrogen and oxygen atoms in total. The highest BCUT2D eigenvalue weighted by molar-refractivity contribution is 6.36. The van der Waals surface area contributed by atoms with E-state index in [1.807, 2.05) is 0 Å². The molecule has 96 valence electrons. The molecule has 3 amide bonds. The lowest BCUT2D eigenvalue weighted by Gasteiger charge is -2.27. The molecule has 1 aliphatic heterocycles. The summed E-state index contributed by atoms with van der Waals surface area (Å²) in [6.45, 7) is 1.80. The third-order valence-corrected chi connectivity index (χ3v) is 2.82. The van der Waals surface area contributed by atoms with Gasteiger partial charge in [0.25, 0.3) is 0 Å². The zero-order chi connectivity index (χ0) is 12.7. The number of amides is 3. The molecule has 1 aliphatic rings. The van der Waals surface area contributed by atoms with Crippen LogP contribution in [0.5, 0.6) is 0 Å². The first kappa shape index (κ1) is 13.6. The van der Waals surface area contributed by atoms with Crippen molar-refractivity contribution in [1.82, 2.24) is 9.80 Å². The lowest BCUT2D eigenvalue weighted by molar-refractivity contribution is -0.154. The van der Waals surface area contributed by atoms with Crippen LogP contribution in [-0.4, -0.2) is 54.2 Å². The standard InChI is InChI=1S/C11H19N3O3/c12-5-4-8-14(9-15)11(17)10(16)13-6-2-1-3-7-13/h9H,1-8,12H2. The second kappa shape index (κ2) is 7.01. The highest BCUT2D eigenvalue weighted by Crippen LogP contribution is 2.09.